The van der Waals surface area contributed by atoms with Crippen molar-refractivity contribution in [3.63, 3.8) is 0 Å². The lowest BCUT2D eigenvalue weighted by atomic mass is 9.90. The summed E-state index contributed by atoms with van der Waals surface area (Å²) in [4.78, 5) is 15.0. The lowest BCUT2D eigenvalue weighted by molar-refractivity contribution is -0.120. The summed E-state index contributed by atoms with van der Waals surface area (Å²) in [7, 11) is 0. The van der Waals surface area contributed by atoms with Gasteiger partial charge in [0.1, 0.15) is 0 Å². The van der Waals surface area contributed by atoms with Crippen LogP contribution in [0.5, 0.6) is 0 Å². The monoisotopic (exact) mass is 337 g/mol. The van der Waals surface area contributed by atoms with E-state index in [-0.39, 0.29) is 17.4 Å². The number of benzene rings is 2. The summed E-state index contributed by atoms with van der Waals surface area (Å²) >= 11 is 0. The van der Waals surface area contributed by atoms with Gasteiger partial charge in [-0.15, -0.1) is 0 Å². The highest BCUT2D eigenvalue weighted by Crippen LogP contribution is 2.31. The molecule has 0 saturated carbocycles. The molecule has 2 aromatic rings. The van der Waals surface area contributed by atoms with Crippen LogP contribution in [0.4, 0.5) is 5.69 Å². The number of carbonyl (C=O) groups excluding carboxylic acids is 1. The molecule has 1 aliphatic heterocycles. The van der Waals surface area contributed by atoms with Crippen LogP contribution in [-0.4, -0.2) is 36.5 Å². The van der Waals surface area contributed by atoms with Crippen LogP contribution in [0.15, 0.2) is 54.6 Å². The number of hydrogen-bond donors (Lipinski definition) is 2. The number of hydrogen-bond acceptors (Lipinski definition) is 3. The fourth-order valence-electron chi connectivity index (χ4n) is 3.42. The van der Waals surface area contributed by atoms with Gasteiger partial charge in [-0.1, -0.05) is 55.5 Å². The van der Waals surface area contributed by atoms with Gasteiger partial charge >= 0.3 is 0 Å². The lowest BCUT2D eigenvalue weighted by Gasteiger charge is -2.27. The maximum absolute atomic E-state index is 12.8. The molecule has 2 aromatic carbocycles. The Morgan fingerprint density at radius 1 is 1.20 bits per heavy atom. The second-order valence-corrected chi connectivity index (χ2v) is 7.31. The maximum atomic E-state index is 12.8. The Bertz CT molecular complexity index is 731. The van der Waals surface area contributed by atoms with Crippen molar-refractivity contribution in [2.75, 3.05) is 25.0 Å². The van der Waals surface area contributed by atoms with Gasteiger partial charge in [-0.25, -0.2) is 0 Å². The molecule has 1 aliphatic rings. The van der Waals surface area contributed by atoms with Crippen molar-refractivity contribution in [3.05, 3.63) is 54.6 Å². The highest BCUT2D eigenvalue weighted by molar-refractivity contribution is 5.98. The highest BCUT2D eigenvalue weighted by atomic mass is 16.2. The fourth-order valence-corrected chi connectivity index (χ4v) is 3.42. The Labute approximate surface area is 150 Å². The van der Waals surface area contributed by atoms with E-state index < -0.39 is 0 Å². The number of nitrogens with zero attached hydrogens (tertiary/aromatic N) is 1. The van der Waals surface area contributed by atoms with Gasteiger partial charge in [0, 0.05) is 17.8 Å². The van der Waals surface area contributed by atoms with E-state index in [0.29, 0.717) is 6.54 Å². The largest absolute Gasteiger partial charge is 0.330 e. The second kappa shape index (κ2) is 7.38. The third-order valence-corrected chi connectivity index (χ3v) is 5.28. The first-order chi connectivity index (χ1) is 12.0. The molecule has 3 N–H and O–H groups in total. The molecule has 1 fully saturated rings. The number of para-hydroxylation sites is 1. The Morgan fingerprint density at radius 2 is 1.88 bits per heavy atom. The second-order valence-electron chi connectivity index (χ2n) is 7.31. The van der Waals surface area contributed by atoms with Crippen molar-refractivity contribution < 1.29 is 4.79 Å². The predicted molar refractivity (Wildman–Crippen MR) is 103 cm³/mol. The quantitative estimate of drug-likeness (QED) is 0.880. The standard InChI is InChI=1S/C21H27N3O/c1-16(24-13-12-21(2,14-22)15-24)20(25)23-19-11-7-6-10-18(19)17-8-4-3-5-9-17/h3-11,16H,12-15,22H2,1-2H3,(H,23,25). The molecule has 1 amide bonds. The van der Waals surface area contributed by atoms with E-state index in [4.69, 9.17) is 5.73 Å². The molecule has 3 rings (SSSR count). The molecule has 0 aromatic heterocycles. The van der Waals surface area contributed by atoms with Crippen LogP contribution in [0, 0.1) is 5.41 Å². The zero-order chi connectivity index (χ0) is 17.9. The smallest absolute Gasteiger partial charge is 0.241 e. The minimum atomic E-state index is -0.169. The van der Waals surface area contributed by atoms with Gasteiger partial charge in [0.15, 0.2) is 0 Å². The molecule has 2 unspecified atom stereocenters. The van der Waals surface area contributed by atoms with E-state index in [1.54, 1.807) is 0 Å². The molecule has 4 nitrogen and oxygen atoms in total. The molecular weight excluding hydrogens is 310 g/mol. The summed E-state index contributed by atoms with van der Waals surface area (Å²) in [5, 5.41) is 3.12. The fraction of sp³-hybridized carbons (Fsp3) is 0.381. The van der Waals surface area contributed by atoms with Crippen LogP contribution in [0.25, 0.3) is 11.1 Å². The molecule has 0 spiro atoms. The zero-order valence-electron chi connectivity index (χ0n) is 15.0. The molecule has 132 valence electrons. The van der Waals surface area contributed by atoms with Crippen LogP contribution in [0.3, 0.4) is 0 Å². The number of rotatable bonds is 5. The zero-order valence-corrected chi connectivity index (χ0v) is 15.0. The molecule has 1 heterocycles. The average molecular weight is 337 g/mol. The van der Waals surface area contributed by atoms with Crippen LogP contribution < -0.4 is 11.1 Å². The summed E-state index contributed by atoms with van der Waals surface area (Å²) in [6.45, 7) is 6.63. The Morgan fingerprint density at radius 3 is 2.56 bits per heavy atom. The summed E-state index contributed by atoms with van der Waals surface area (Å²) in [6, 6.07) is 17.9. The lowest BCUT2D eigenvalue weighted by Crippen LogP contribution is -2.42. The summed E-state index contributed by atoms with van der Waals surface area (Å²) in [6.07, 6.45) is 1.04. The number of amides is 1. The maximum Gasteiger partial charge on any atom is 0.241 e. The Kier molecular flexibility index (Phi) is 5.21. The minimum absolute atomic E-state index is 0.0321. The topological polar surface area (TPSA) is 58.4 Å². The molecular formula is C21H27N3O. The first-order valence-electron chi connectivity index (χ1n) is 8.92. The summed E-state index contributed by atoms with van der Waals surface area (Å²) < 4.78 is 0. The van der Waals surface area contributed by atoms with Crippen LogP contribution in [-0.2, 0) is 4.79 Å². The van der Waals surface area contributed by atoms with Crippen LogP contribution >= 0.6 is 0 Å². The van der Waals surface area contributed by atoms with Gasteiger partial charge in [-0.2, -0.15) is 0 Å². The van der Waals surface area contributed by atoms with Crippen molar-refractivity contribution in [2.45, 2.75) is 26.3 Å². The van der Waals surface area contributed by atoms with Gasteiger partial charge in [0.05, 0.1) is 6.04 Å². The van der Waals surface area contributed by atoms with E-state index in [9.17, 15) is 4.79 Å². The molecule has 2 atom stereocenters. The number of anilines is 1. The van der Waals surface area contributed by atoms with Gasteiger partial charge in [0.25, 0.3) is 0 Å². The van der Waals surface area contributed by atoms with Crippen LogP contribution in [0.1, 0.15) is 20.3 Å². The van der Waals surface area contributed by atoms with Gasteiger partial charge in [-0.3, -0.25) is 9.69 Å². The summed E-state index contributed by atoms with van der Waals surface area (Å²) in [5.74, 6) is 0.0321. The van der Waals surface area contributed by atoms with E-state index >= 15 is 0 Å². The van der Waals surface area contributed by atoms with E-state index in [0.717, 1.165) is 36.3 Å². The Hall–Kier alpha value is -2.17. The number of carbonyl (C=O) groups is 1. The molecule has 0 bridgehead atoms. The molecule has 1 saturated heterocycles. The van der Waals surface area contributed by atoms with E-state index in [2.05, 4.69) is 29.3 Å². The van der Waals surface area contributed by atoms with Crippen molar-refractivity contribution in [2.24, 2.45) is 11.1 Å². The molecule has 25 heavy (non-hydrogen) atoms. The molecule has 0 aliphatic carbocycles. The summed E-state index contributed by atoms with van der Waals surface area (Å²) in [5.41, 5.74) is 9.00. The predicted octanol–water partition coefficient (Wildman–Crippen LogP) is 3.35. The molecule has 4 heteroatoms. The van der Waals surface area contributed by atoms with Gasteiger partial charge < -0.3 is 11.1 Å². The Balaban J connectivity index is 1.74. The first-order valence-corrected chi connectivity index (χ1v) is 8.92. The van der Waals surface area contributed by atoms with Gasteiger partial charge in [-0.05, 0) is 43.5 Å². The van der Waals surface area contributed by atoms with E-state index in [1.807, 2.05) is 49.4 Å². The van der Waals surface area contributed by atoms with Crippen molar-refractivity contribution in [1.29, 1.82) is 0 Å². The van der Waals surface area contributed by atoms with E-state index in [1.165, 1.54) is 0 Å². The van der Waals surface area contributed by atoms with Gasteiger partial charge in [0.2, 0.25) is 5.91 Å². The van der Waals surface area contributed by atoms with Crippen molar-refractivity contribution in [3.8, 4) is 11.1 Å². The third kappa shape index (κ3) is 3.91. The van der Waals surface area contributed by atoms with Crippen molar-refractivity contribution in [1.82, 2.24) is 4.90 Å². The SMILES string of the molecule is CC(C(=O)Nc1ccccc1-c1ccccc1)N1CCC(C)(CN)C1. The molecule has 0 radical (unpaired) electrons. The number of likely N-dealkylation sites (tertiary alicyclic amines) is 1. The minimum Gasteiger partial charge on any atom is -0.330 e. The first kappa shape index (κ1) is 17.6. The average Bonchev–Trinajstić information content (AvgIpc) is 3.05. The third-order valence-electron chi connectivity index (χ3n) is 5.28. The normalized spacial score (nSPS) is 21.9. The highest BCUT2D eigenvalue weighted by Gasteiger charge is 2.36. The van der Waals surface area contributed by atoms with Crippen LogP contribution in [0.2, 0.25) is 0 Å². The number of nitrogens with one attached hydrogen (secondary N) is 1. The van der Waals surface area contributed by atoms with Crippen molar-refractivity contribution >= 4 is 11.6 Å². The number of nitrogens with two attached hydrogens (primary N) is 1.